The second-order valence-corrected chi connectivity index (χ2v) is 6.34. The predicted octanol–water partition coefficient (Wildman–Crippen LogP) is 1.81. The van der Waals surface area contributed by atoms with Gasteiger partial charge in [-0.3, -0.25) is 4.31 Å². The molecule has 6 nitrogen and oxygen atoms in total. The highest BCUT2D eigenvalue weighted by molar-refractivity contribution is 7.93. The Morgan fingerprint density at radius 1 is 1.14 bits per heavy atom. The maximum Gasteiger partial charge on any atom is 0.267 e. The van der Waals surface area contributed by atoms with E-state index in [1.807, 2.05) is 0 Å². The zero-order valence-electron chi connectivity index (χ0n) is 11.6. The lowest BCUT2D eigenvalue weighted by molar-refractivity contribution is 0.403. The molecule has 0 aliphatic rings. The van der Waals surface area contributed by atoms with E-state index >= 15 is 0 Å². The first-order valence-corrected chi connectivity index (χ1v) is 7.51. The van der Waals surface area contributed by atoms with Crippen LogP contribution in [0.25, 0.3) is 0 Å². The summed E-state index contributed by atoms with van der Waals surface area (Å²) in [5.74, 6) is 0.279. The summed E-state index contributed by atoms with van der Waals surface area (Å²) < 4.78 is 31.5. The van der Waals surface area contributed by atoms with Gasteiger partial charge < -0.3 is 15.6 Å². The summed E-state index contributed by atoms with van der Waals surface area (Å²) in [6.45, 7) is 0. The minimum absolute atomic E-state index is 0.0134. The summed E-state index contributed by atoms with van der Waals surface area (Å²) in [5, 5.41) is 9.27. The number of hydrogen-bond acceptors (Lipinski definition) is 5. The first-order chi connectivity index (χ1) is 9.86. The van der Waals surface area contributed by atoms with Crippen LogP contribution in [0.1, 0.15) is 0 Å². The summed E-state index contributed by atoms with van der Waals surface area (Å²) in [5.41, 5.74) is 6.41. The van der Waals surface area contributed by atoms with Gasteiger partial charge in [-0.15, -0.1) is 0 Å². The molecule has 2 aromatic rings. The van der Waals surface area contributed by atoms with Gasteiger partial charge in [0.15, 0.2) is 0 Å². The SMILES string of the molecule is COc1ccc(N)cc1S(=O)(=O)N(C)c1ccc(O)cc1. The lowest BCUT2D eigenvalue weighted by atomic mass is 10.3. The van der Waals surface area contributed by atoms with Crippen LogP contribution >= 0.6 is 0 Å². The number of anilines is 2. The van der Waals surface area contributed by atoms with E-state index in [0.29, 0.717) is 11.4 Å². The highest BCUT2D eigenvalue weighted by Crippen LogP contribution is 2.31. The van der Waals surface area contributed by atoms with Gasteiger partial charge in [-0.2, -0.15) is 0 Å². The smallest absolute Gasteiger partial charge is 0.267 e. The number of aromatic hydroxyl groups is 1. The molecule has 0 atom stereocenters. The number of rotatable bonds is 4. The number of phenolic OH excluding ortho intramolecular Hbond substituents is 1. The van der Waals surface area contributed by atoms with Crippen LogP contribution < -0.4 is 14.8 Å². The van der Waals surface area contributed by atoms with Crippen LogP contribution in [-0.4, -0.2) is 27.7 Å². The lowest BCUT2D eigenvalue weighted by Gasteiger charge is -2.21. The minimum Gasteiger partial charge on any atom is -0.508 e. The number of nitrogens with zero attached hydrogens (tertiary/aromatic N) is 1. The van der Waals surface area contributed by atoms with E-state index in [1.165, 1.54) is 50.6 Å². The van der Waals surface area contributed by atoms with Crippen molar-refractivity contribution in [1.29, 1.82) is 0 Å². The molecule has 0 aromatic heterocycles. The Morgan fingerprint density at radius 3 is 2.33 bits per heavy atom. The van der Waals surface area contributed by atoms with E-state index < -0.39 is 10.0 Å². The largest absolute Gasteiger partial charge is 0.508 e. The first-order valence-electron chi connectivity index (χ1n) is 6.07. The molecule has 0 unspecified atom stereocenters. The Bertz CT molecular complexity index is 742. The van der Waals surface area contributed by atoms with Gasteiger partial charge in [0.1, 0.15) is 16.4 Å². The molecule has 0 heterocycles. The number of ether oxygens (including phenoxy) is 1. The predicted molar refractivity (Wildman–Crippen MR) is 81.1 cm³/mol. The minimum atomic E-state index is -3.82. The molecular weight excluding hydrogens is 292 g/mol. The molecule has 112 valence electrons. The van der Waals surface area contributed by atoms with E-state index in [9.17, 15) is 13.5 Å². The molecule has 2 aromatic carbocycles. The van der Waals surface area contributed by atoms with Crippen LogP contribution in [0.3, 0.4) is 0 Å². The van der Waals surface area contributed by atoms with Crippen molar-refractivity contribution >= 4 is 21.4 Å². The van der Waals surface area contributed by atoms with Gasteiger partial charge in [0, 0.05) is 12.7 Å². The van der Waals surface area contributed by atoms with Gasteiger partial charge >= 0.3 is 0 Å². The first kappa shape index (κ1) is 15.0. The number of benzene rings is 2. The molecule has 0 bridgehead atoms. The molecule has 0 radical (unpaired) electrons. The second kappa shape index (κ2) is 5.53. The molecule has 0 amide bonds. The fourth-order valence-corrected chi connectivity index (χ4v) is 3.23. The highest BCUT2D eigenvalue weighted by Gasteiger charge is 2.25. The van der Waals surface area contributed by atoms with E-state index in [2.05, 4.69) is 0 Å². The normalized spacial score (nSPS) is 11.1. The van der Waals surface area contributed by atoms with Gasteiger partial charge in [0.25, 0.3) is 10.0 Å². The van der Waals surface area contributed by atoms with Crippen molar-refractivity contribution in [2.24, 2.45) is 0 Å². The fraction of sp³-hybridized carbons (Fsp3) is 0.143. The van der Waals surface area contributed by atoms with Crippen molar-refractivity contribution < 1.29 is 18.3 Å². The monoisotopic (exact) mass is 308 g/mol. The van der Waals surface area contributed by atoms with E-state index in [0.717, 1.165) is 4.31 Å². The summed E-state index contributed by atoms with van der Waals surface area (Å²) in [6.07, 6.45) is 0. The van der Waals surface area contributed by atoms with Gasteiger partial charge in [-0.05, 0) is 42.5 Å². The summed E-state index contributed by atoms with van der Waals surface area (Å²) in [6, 6.07) is 10.3. The topological polar surface area (TPSA) is 92.9 Å². The molecule has 0 saturated heterocycles. The average molecular weight is 308 g/mol. The zero-order valence-corrected chi connectivity index (χ0v) is 12.5. The molecular formula is C14H16N2O4S. The Morgan fingerprint density at radius 2 is 1.76 bits per heavy atom. The Balaban J connectivity index is 2.51. The molecule has 0 aliphatic carbocycles. The van der Waals surface area contributed by atoms with Crippen LogP contribution in [-0.2, 0) is 10.0 Å². The third-order valence-electron chi connectivity index (χ3n) is 3.04. The molecule has 0 fully saturated rings. The van der Waals surface area contributed by atoms with Crippen LogP contribution in [0.2, 0.25) is 0 Å². The van der Waals surface area contributed by atoms with Gasteiger partial charge in [-0.1, -0.05) is 0 Å². The number of methoxy groups -OCH3 is 1. The summed E-state index contributed by atoms with van der Waals surface area (Å²) in [7, 11) is -1.01. The van der Waals surface area contributed by atoms with E-state index in [-0.39, 0.29) is 16.4 Å². The van der Waals surface area contributed by atoms with Crippen molar-refractivity contribution in [2.75, 3.05) is 24.2 Å². The number of nitrogens with two attached hydrogens (primary N) is 1. The second-order valence-electron chi connectivity index (χ2n) is 4.40. The lowest BCUT2D eigenvalue weighted by Crippen LogP contribution is -2.27. The van der Waals surface area contributed by atoms with Crippen LogP contribution in [0.15, 0.2) is 47.4 Å². The maximum atomic E-state index is 12.7. The Kier molecular flexibility index (Phi) is 3.95. The number of sulfonamides is 1. The summed E-state index contributed by atoms with van der Waals surface area (Å²) >= 11 is 0. The Labute approximate surface area is 123 Å². The third kappa shape index (κ3) is 2.87. The quantitative estimate of drug-likeness (QED) is 0.840. The van der Waals surface area contributed by atoms with Gasteiger partial charge in [0.2, 0.25) is 0 Å². The summed E-state index contributed by atoms with van der Waals surface area (Å²) in [4.78, 5) is -0.0134. The maximum absolute atomic E-state index is 12.7. The molecule has 0 saturated carbocycles. The van der Waals surface area contributed by atoms with E-state index in [1.54, 1.807) is 6.07 Å². The van der Waals surface area contributed by atoms with Gasteiger partial charge in [-0.25, -0.2) is 8.42 Å². The van der Waals surface area contributed by atoms with Crippen molar-refractivity contribution in [3.8, 4) is 11.5 Å². The molecule has 0 spiro atoms. The fourth-order valence-electron chi connectivity index (χ4n) is 1.84. The Hall–Kier alpha value is -2.41. The number of hydrogen-bond donors (Lipinski definition) is 2. The number of phenols is 1. The third-order valence-corrected chi connectivity index (χ3v) is 4.85. The molecule has 2 rings (SSSR count). The van der Waals surface area contributed by atoms with Crippen LogP contribution in [0.4, 0.5) is 11.4 Å². The molecule has 7 heteroatoms. The van der Waals surface area contributed by atoms with Gasteiger partial charge in [0.05, 0.1) is 12.8 Å². The average Bonchev–Trinajstić information content (AvgIpc) is 2.47. The van der Waals surface area contributed by atoms with Crippen LogP contribution in [0.5, 0.6) is 11.5 Å². The van der Waals surface area contributed by atoms with Crippen molar-refractivity contribution in [3.63, 3.8) is 0 Å². The highest BCUT2D eigenvalue weighted by atomic mass is 32.2. The van der Waals surface area contributed by atoms with Crippen molar-refractivity contribution in [1.82, 2.24) is 0 Å². The van der Waals surface area contributed by atoms with E-state index in [4.69, 9.17) is 10.5 Å². The molecule has 3 N–H and O–H groups in total. The standard InChI is InChI=1S/C14H16N2O4S/c1-16(11-4-6-12(17)7-5-11)21(18,19)14-9-10(15)3-8-13(14)20-2/h3-9,17H,15H2,1-2H3. The zero-order chi connectivity index (χ0) is 15.6. The van der Waals surface area contributed by atoms with Crippen molar-refractivity contribution in [3.05, 3.63) is 42.5 Å². The molecule has 21 heavy (non-hydrogen) atoms. The molecule has 0 aliphatic heterocycles. The number of nitrogen functional groups attached to an aromatic ring is 1. The van der Waals surface area contributed by atoms with Crippen molar-refractivity contribution in [2.45, 2.75) is 4.90 Å². The van der Waals surface area contributed by atoms with Crippen LogP contribution in [0, 0.1) is 0 Å².